The molecule has 3 aromatic carbocycles. The Morgan fingerprint density at radius 2 is 1.46 bits per heavy atom. The maximum Gasteiger partial charge on any atom is -1.00 e. The number of halogens is 3. The molecule has 0 heterocycles. The number of hydrogen-bond donors (Lipinski definition) is 0. The molecule has 0 radical (unpaired) electrons. The van der Waals surface area contributed by atoms with Gasteiger partial charge in [-0.05, 0) is 0 Å². The first-order chi connectivity index (χ1) is 11.4. The van der Waals surface area contributed by atoms with E-state index in [0.717, 1.165) is 6.42 Å². The minimum atomic E-state index is -0.220. The zero-order valence-corrected chi connectivity index (χ0v) is 15.5. The van der Waals surface area contributed by atoms with E-state index in [1.807, 2.05) is 0 Å². The van der Waals surface area contributed by atoms with Crippen LogP contribution in [0.1, 0.15) is 26.5 Å². The average molecular weight is 385 g/mol. The third kappa shape index (κ3) is 3.18. The summed E-state index contributed by atoms with van der Waals surface area (Å²) in [5.41, 5.74) is 8.93. The molecule has 0 saturated carbocycles. The number of fused-ring (bicyclic) bond motifs is 4. The zero-order chi connectivity index (χ0) is 15.2. The van der Waals surface area contributed by atoms with Gasteiger partial charge in [0.15, 0.2) is 0 Å². The molecule has 0 aromatic heterocycles. The van der Waals surface area contributed by atoms with Crippen LogP contribution in [0.25, 0.3) is 17.2 Å². The molecule has 1 unspecified atom stereocenters. The molecule has 0 fully saturated rings. The largest absolute Gasteiger partial charge is 1.00 e. The summed E-state index contributed by atoms with van der Waals surface area (Å²) < 4.78 is 2.27. The van der Waals surface area contributed by atoms with Crippen LogP contribution in [0.2, 0.25) is 0 Å². The van der Waals surface area contributed by atoms with E-state index >= 15 is 0 Å². The van der Waals surface area contributed by atoms with Gasteiger partial charge < -0.3 is 14.1 Å². The quantitative estimate of drug-likeness (QED) is 0.307. The van der Waals surface area contributed by atoms with Crippen molar-refractivity contribution in [2.45, 2.75) is 10.6 Å². The van der Waals surface area contributed by atoms with Crippen LogP contribution in [0, 0.1) is 0 Å². The molecule has 0 bridgehead atoms. The Morgan fingerprint density at radius 3 is 2.35 bits per heavy atom. The fraction of sp³-hybridized carbons (Fsp3) is 0.0909. The summed E-state index contributed by atoms with van der Waals surface area (Å²) >= 11 is -0.220. The number of rotatable bonds is 2. The number of allylic oxidation sites excluding steroid dienone is 1. The Kier molecular flexibility index (Phi) is 6.27. The SMILES string of the molecule is C1=C[CH]([Ti+3][c]2cccc3c2Cc2ccccc2-3)c2ccccc21.[F-].[F-].[F-]. The van der Waals surface area contributed by atoms with Crippen molar-refractivity contribution >= 4 is 9.94 Å². The molecule has 0 N–H and O–H groups in total. The van der Waals surface area contributed by atoms with Crippen molar-refractivity contribution in [1.82, 2.24) is 0 Å². The van der Waals surface area contributed by atoms with E-state index in [4.69, 9.17) is 0 Å². The Bertz CT molecular complexity index is 950. The Hall–Kier alpha value is -2.10. The smallest absolute Gasteiger partial charge is 1.00 e. The van der Waals surface area contributed by atoms with Gasteiger partial charge in [0.2, 0.25) is 0 Å². The third-order valence-corrected chi connectivity index (χ3v) is 7.45. The summed E-state index contributed by atoms with van der Waals surface area (Å²) in [6, 6.07) is 24.7. The Labute approximate surface area is 160 Å². The van der Waals surface area contributed by atoms with Crippen LogP contribution in [0.3, 0.4) is 0 Å². The molecular formula is C22H16F3Ti. The van der Waals surface area contributed by atoms with Gasteiger partial charge in [0, 0.05) is 0 Å². The normalized spacial score (nSPS) is 14.7. The molecule has 1 atom stereocenters. The molecule has 0 spiro atoms. The predicted molar refractivity (Wildman–Crippen MR) is 92.5 cm³/mol. The predicted octanol–water partition coefficient (Wildman–Crippen LogP) is -4.25. The van der Waals surface area contributed by atoms with Crippen molar-refractivity contribution in [1.29, 1.82) is 0 Å². The molecule has 5 rings (SSSR count). The number of benzene rings is 3. The van der Waals surface area contributed by atoms with E-state index in [1.54, 1.807) is 9.43 Å². The van der Waals surface area contributed by atoms with Gasteiger partial charge in [-0.3, -0.25) is 0 Å². The van der Waals surface area contributed by atoms with Gasteiger partial charge in [0.25, 0.3) is 0 Å². The maximum absolute atomic E-state index is 2.42. The molecule has 2 aliphatic rings. The van der Waals surface area contributed by atoms with Crippen LogP contribution in [0.4, 0.5) is 0 Å². The first-order valence-electron chi connectivity index (χ1n) is 8.14. The molecule has 0 saturated heterocycles. The van der Waals surface area contributed by atoms with Crippen LogP contribution in [0.5, 0.6) is 0 Å². The molecule has 0 amide bonds. The van der Waals surface area contributed by atoms with Crippen LogP contribution in [0.15, 0.2) is 72.8 Å². The van der Waals surface area contributed by atoms with E-state index in [0.29, 0.717) is 4.22 Å². The van der Waals surface area contributed by atoms with Crippen LogP contribution >= 0.6 is 0 Å². The molecule has 3 aromatic rings. The second kappa shape index (κ2) is 8.07. The van der Waals surface area contributed by atoms with Gasteiger partial charge in [0.1, 0.15) is 0 Å². The molecule has 0 aliphatic heterocycles. The van der Waals surface area contributed by atoms with Gasteiger partial charge in [0.05, 0.1) is 0 Å². The second-order valence-corrected chi connectivity index (χ2v) is 8.54. The monoisotopic (exact) mass is 385 g/mol. The topological polar surface area (TPSA) is 0 Å². The minimum Gasteiger partial charge on any atom is -1.00 e. The molecule has 129 valence electrons. The van der Waals surface area contributed by atoms with Crippen molar-refractivity contribution in [2.24, 2.45) is 0 Å². The molecule has 26 heavy (non-hydrogen) atoms. The summed E-state index contributed by atoms with van der Waals surface area (Å²) in [4.78, 5) is 0. The fourth-order valence-corrected chi connectivity index (χ4v) is 6.23. The summed E-state index contributed by atoms with van der Waals surface area (Å²) in [5.74, 6) is 0. The first-order valence-corrected chi connectivity index (χ1v) is 9.82. The third-order valence-electron chi connectivity index (χ3n) is 4.96. The standard InChI is InChI=1S/C13H9.C9H7.3FH.Ti/c1-3-7-12-10(5-1)9-11-6-2-4-8-13(11)12;1-2-5-9-7-3-6-8(9)4-1;;;;/h1-5,7-8H,9H2;1-7H;3*1H;/q;;;;;+3/p-3. The van der Waals surface area contributed by atoms with E-state index in [1.165, 1.54) is 27.8 Å². The summed E-state index contributed by atoms with van der Waals surface area (Å²) in [6.45, 7) is 0. The molecular weight excluding hydrogens is 369 g/mol. The molecule has 4 heteroatoms. The minimum absolute atomic E-state index is 0. The maximum atomic E-state index is 2.42. The summed E-state index contributed by atoms with van der Waals surface area (Å²) in [7, 11) is 0. The fourth-order valence-electron chi connectivity index (χ4n) is 3.84. The zero-order valence-electron chi connectivity index (χ0n) is 13.9. The van der Waals surface area contributed by atoms with Crippen molar-refractivity contribution < 1.29 is 33.3 Å². The van der Waals surface area contributed by atoms with E-state index in [2.05, 4.69) is 78.9 Å². The van der Waals surface area contributed by atoms with Crippen molar-refractivity contribution in [3.63, 3.8) is 0 Å². The average Bonchev–Trinajstić information content (AvgIpc) is 3.17. The van der Waals surface area contributed by atoms with Gasteiger partial charge in [-0.25, -0.2) is 0 Å². The van der Waals surface area contributed by atoms with Crippen LogP contribution in [-0.4, -0.2) is 0 Å². The van der Waals surface area contributed by atoms with Gasteiger partial charge >= 0.3 is 146 Å². The van der Waals surface area contributed by atoms with Gasteiger partial charge in [-0.1, -0.05) is 0 Å². The Balaban J connectivity index is 0.000000810. The van der Waals surface area contributed by atoms with Crippen LogP contribution < -0.4 is 18.0 Å². The van der Waals surface area contributed by atoms with Crippen molar-refractivity contribution in [2.75, 3.05) is 0 Å². The first kappa shape index (κ1) is 20.2. The van der Waals surface area contributed by atoms with Crippen LogP contribution in [-0.2, 0) is 25.6 Å². The summed E-state index contributed by atoms with van der Waals surface area (Å²) in [6.07, 6.45) is 5.84. The molecule has 2 aliphatic carbocycles. The summed E-state index contributed by atoms with van der Waals surface area (Å²) in [5, 5.41) is 0. The van der Waals surface area contributed by atoms with Crippen molar-refractivity contribution in [3.05, 3.63) is 95.1 Å². The van der Waals surface area contributed by atoms with E-state index < -0.39 is 0 Å². The van der Waals surface area contributed by atoms with Gasteiger partial charge in [-0.15, -0.1) is 0 Å². The van der Waals surface area contributed by atoms with Gasteiger partial charge in [-0.2, -0.15) is 0 Å². The number of hydrogen-bond acceptors (Lipinski definition) is 0. The molecule has 0 nitrogen and oxygen atoms in total. The van der Waals surface area contributed by atoms with E-state index in [9.17, 15) is 0 Å². The second-order valence-electron chi connectivity index (χ2n) is 6.28. The van der Waals surface area contributed by atoms with E-state index in [-0.39, 0.29) is 33.3 Å². The Morgan fingerprint density at radius 1 is 0.731 bits per heavy atom. The van der Waals surface area contributed by atoms with Crippen molar-refractivity contribution in [3.8, 4) is 11.1 Å².